The molecule has 0 aliphatic heterocycles. The summed E-state index contributed by atoms with van der Waals surface area (Å²) in [5.74, 6) is 0. The van der Waals surface area contributed by atoms with Crippen LogP contribution in [0.3, 0.4) is 0 Å². The molecule has 4 heavy (non-hydrogen) atoms. The molecule has 0 atom stereocenters. The molecule has 0 amide bonds. The van der Waals surface area contributed by atoms with Crippen LogP contribution < -0.4 is 0 Å². The maximum absolute atomic E-state index is 0. The van der Waals surface area contributed by atoms with E-state index in [0.29, 0.717) is 0 Å². The van der Waals surface area contributed by atoms with E-state index in [1.807, 2.05) is 0 Å². The molecule has 4 heteroatoms. The molecule has 0 aromatic carbocycles. The molecule has 0 unspecified atom stereocenters. The van der Waals surface area contributed by atoms with E-state index in [2.05, 4.69) is 0 Å². The van der Waals surface area contributed by atoms with Crippen LogP contribution in [-0.2, 0) is 60.0 Å². The second-order valence-corrected chi connectivity index (χ2v) is 0. The quantitative estimate of drug-likeness (QED) is 0.461. The summed E-state index contributed by atoms with van der Waals surface area (Å²) in [7, 11) is 0. The second kappa shape index (κ2) is 22.4. The molecule has 0 aromatic heterocycles. The van der Waals surface area contributed by atoms with E-state index in [1.165, 1.54) is 0 Å². The van der Waals surface area contributed by atoms with Crippen molar-refractivity contribution in [1.82, 2.24) is 0 Å². The third-order valence-corrected chi connectivity index (χ3v) is 0. The van der Waals surface area contributed by atoms with E-state index in [1.54, 1.807) is 0 Å². The van der Waals surface area contributed by atoms with Crippen LogP contribution in [0.25, 0.3) is 0 Å². The van der Waals surface area contributed by atoms with Gasteiger partial charge in [0.05, 0.1) is 0 Å². The third-order valence-electron chi connectivity index (χ3n) is 0. The Bertz CT molecular complexity index is 4.00. The molecule has 0 aromatic rings. The first-order valence-electron chi connectivity index (χ1n) is 0. The molecule has 0 saturated carbocycles. The summed E-state index contributed by atoms with van der Waals surface area (Å²) in [5, 5.41) is 0. The Balaban J connectivity index is 0. The molecule has 0 spiro atoms. The van der Waals surface area contributed by atoms with Crippen molar-refractivity contribution in [2.24, 2.45) is 0 Å². The summed E-state index contributed by atoms with van der Waals surface area (Å²) in [6.45, 7) is 0. The van der Waals surface area contributed by atoms with Gasteiger partial charge >= 0.3 is 33.0 Å². The van der Waals surface area contributed by atoms with Gasteiger partial charge in [-0.25, -0.2) is 0 Å². The average molecular weight is 182 g/mol. The standard InChI is InChI=1S/2Ni.2S/q2*+2;2*-2. The van der Waals surface area contributed by atoms with E-state index >= 15 is 0 Å². The van der Waals surface area contributed by atoms with Crippen molar-refractivity contribution in [2.45, 2.75) is 0 Å². The molecule has 0 nitrogen and oxygen atoms in total. The van der Waals surface area contributed by atoms with Gasteiger partial charge < -0.3 is 27.0 Å². The number of rotatable bonds is 0. The average Bonchev–Trinajstić information content (AvgIpc) is 0. The van der Waals surface area contributed by atoms with Gasteiger partial charge in [0, 0.05) is 0 Å². The first-order valence-corrected chi connectivity index (χ1v) is 0. The van der Waals surface area contributed by atoms with Crippen LogP contribution in [0.2, 0.25) is 0 Å². The van der Waals surface area contributed by atoms with Gasteiger partial charge in [-0.15, -0.1) is 0 Å². The zero-order valence-corrected chi connectivity index (χ0v) is 5.06. The van der Waals surface area contributed by atoms with Gasteiger partial charge in [0.15, 0.2) is 0 Å². The Hall–Kier alpha value is 1.69. The van der Waals surface area contributed by atoms with E-state index in [9.17, 15) is 0 Å². The molecule has 0 N–H and O–H groups in total. The predicted octanol–water partition coefficient (Wildman–Crippen LogP) is -0.00980. The van der Waals surface area contributed by atoms with Gasteiger partial charge in [-0.05, 0) is 0 Å². The number of hydrogen-bond donors (Lipinski definition) is 0. The maximum Gasteiger partial charge on any atom is 2.00 e. The SMILES string of the molecule is [Ni+2].[Ni+2].[S-2].[S-2]. The fourth-order valence-electron chi connectivity index (χ4n) is 0. The minimum atomic E-state index is 0. The predicted molar refractivity (Wildman–Crippen MR) is 14.7 cm³/mol. The van der Waals surface area contributed by atoms with Crippen LogP contribution in [0.5, 0.6) is 0 Å². The molecule has 0 radical (unpaired) electrons. The topological polar surface area (TPSA) is 0 Å². The van der Waals surface area contributed by atoms with Gasteiger partial charge in [-0.3, -0.25) is 0 Å². The van der Waals surface area contributed by atoms with Crippen LogP contribution in [0.4, 0.5) is 0 Å². The van der Waals surface area contributed by atoms with Gasteiger partial charge in [0.1, 0.15) is 0 Å². The van der Waals surface area contributed by atoms with Crippen molar-refractivity contribution in [3.05, 3.63) is 0 Å². The summed E-state index contributed by atoms with van der Waals surface area (Å²) < 4.78 is 0. The summed E-state index contributed by atoms with van der Waals surface area (Å²) >= 11 is 0. The molecule has 0 aliphatic rings. The van der Waals surface area contributed by atoms with Crippen LogP contribution >= 0.6 is 0 Å². The Kier molecular flexibility index (Phi) is 246. The van der Waals surface area contributed by atoms with E-state index in [0.717, 1.165) is 0 Å². The van der Waals surface area contributed by atoms with Crippen molar-refractivity contribution in [2.75, 3.05) is 0 Å². The zero-order valence-electron chi connectivity index (χ0n) is 1.45. The molecule has 0 bridgehead atoms. The molecular weight excluding hydrogens is 182 g/mol. The zero-order chi connectivity index (χ0) is 0. The van der Waals surface area contributed by atoms with E-state index in [4.69, 9.17) is 0 Å². The van der Waals surface area contributed by atoms with Crippen molar-refractivity contribution in [3.8, 4) is 0 Å². The van der Waals surface area contributed by atoms with Crippen molar-refractivity contribution >= 4 is 27.0 Å². The molecular formula is Ni2S2. The van der Waals surface area contributed by atoms with Crippen molar-refractivity contribution in [1.29, 1.82) is 0 Å². The van der Waals surface area contributed by atoms with Crippen LogP contribution in [0.1, 0.15) is 0 Å². The fourth-order valence-corrected chi connectivity index (χ4v) is 0. The van der Waals surface area contributed by atoms with E-state index < -0.39 is 0 Å². The van der Waals surface area contributed by atoms with Crippen LogP contribution in [-0.4, -0.2) is 0 Å². The third kappa shape index (κ3) is 9.35. The van der Waals surface area contributed by atoms with E-state index in [-0.39, 0.29) is 60.0 Å². The minimum Gasteiger partial charge on any atom is -2.00 e. The maximum atomic E-state index is 0. The second-order valence-electron chi connectivity index (χ2n) is 0. The smallest absolute Gasteiger partial charge is 2.00 e. The Labute approximate surface area is 59.8 Å². The van der Waals surface area contributed by atoms with Crippen LogP contribution in [0.15, 0.2) is 0 Å². The Morgan fingerprint density at radius 2 is 0.500 bits per heavy atom. The summed E-state index contributed by atoms with van der Waals surface area (Å²) in [4.78, 5) is 0. The monoisotopic (exact) mass is 180 g/mol. The molecule has 0 fully saturated rings. The minimum absolute atomic E-state index is 0. The summed E-state index contributed by atoms with van der Waals surface area (Å²) in [5.41, 5.74) is 0. The largest absolute Gasteiger partial charge is 2.00 e. The van der Waals surface area contributed by atoms with Crippen LogP contribution in [0, 0.1) is 0 Å². The molecule has 0 rings (SSSR count). The summed E-state index contributed by atoms with van der Waals surface area (Å²) in [6, 6.07) is 0. The van der Waals surface area contributed by atoms with Gasteiger partial charge in [0.25, 0.3) is 0 Å². The normalized spacial score (nSPS) is 0. The molecule has 0 heterocycles. The fraction of sp³-hybridized carbons (Fsp3) is 0. The Morgan fingerprint density at radius 1 is 0.500 bits per heavy atom. The number of hydrogen-bond acceptors (Lipinski definition) is 0. The van der Waals surface area contributed by atoms with Gasteiger partial charge in [-0.1, -0.05) is 0 Å². The molecule has 0 saturated heterocycles. The molecule has 32 valence electrons. The summed E-state index contributed by atoms with van der Waals surface area (Å²) in [6.07, 6.45) is 0. The molecule has 0 aliphatic carbocycles. The first-order chi connectivity index (χ1) is 0. The van der Waals surface area contributed by atoms with Gasteiger partial charge in [0.2, 0.25) is 0 Å². The first kappa shape index (κ1) is 43.9. The van der Waals surface area contributed by atoms with Gasteiger partial charge in [-0.2, -0.15) is 0 Å². The van der Waals surface area contributed by atoms with Crippen molar-refractivity contribution in [3.63, 3.8) is 0 Å². The Morgan fingerprint density at radius 3 is 0.500 bits per heavy atom. The van der Waals surface area contributed by atoms with Crippen molar-refractivity contribution < 1.29 is 33.0 Å².